The Morgan fingerprint density at radius 3 is 2.85 bits per heavy atom. The lowest BCUT2D eigenvalue weighted by atomic mass is 10.1. The molecule has 3 rings (SSSR count). The third-order valence-corrected chi connectivity index (χ3v) is 5.28. The van der Waals surface area contributed by atoms with Crippen molar-refractivity contribution < 1.29 is 14.3 Å². The molecular weight excluding hydrogens is 344 g/mol. The number of hydrogen-bond donors (Lipinski definition) is 2. The summed E-state index contributed by atoms with van der Waals surface area (Å²) in [6.07, 6.45) is 1.18. The van der Waals surface area contributed by atoms with Crippen LogP contribution in [0.25, 0.3) is 0 Å². The molecule has 2 saturated heterocycles. The number of anilines is 1. The first-order valence-corrected chi connectivity index (χ1v) is 9.74. The maximum absolute atomic E-state index is 12.5. The molecule has 148 valence electrons. The summed E-state index contributed by atoms with van der Waals surface area (Å²) in [5.74, 6) is 0.297. The molecule has 1 aromatic carbocycles. The van der Waals surface area contributed by atoms with E-state index < -0.39 is 0 Å². The monoisotopic (exact) mass is 374 g/mol. The van der Waals surface area contributed by atoms with Crippen LogP contribution in [0.15, 0.2) is 18.2 Å². The number of ether oxygens (including phenoxy) is 1. The normalized spacial score (nSPS) is 20.7. The number of benzene rings is 1. The predicted octanol–water partition coefficient (Wildman–Crippen LogP) is 0.768. The van der Waals surface area contributed by atoms with Crippen LogP contribution in [0.5, 0.6) is 5.75 Å². The van der Waals surface area contributed by atoms with Crippen molar-refractivity contribution in [3.8, 4) is 5.75 Å². The van der Waals surface area contributed by atoms with Crippen molar-refractivity contribution in [2.45, 2.75) is 19.8 Å². The lowest BCUT2D eigenvalue weighted by Gasteiger charge is -2.27. The Morgan fingerprint density at radius 1 is 1.33 bits per heavy atom. The second-order valence-electron chi connectivity index (χ2n) is 7.32. The molecule has 2 heterocycles. The molecule has 2 aliphatic heterocycles. The van der Waals surface area contributed by atoms with Crippen molar-refractivity contribution in [3.05, 3.63) is 23.8 Å². The van der Waals surface area contributed by atoms with Crippen LogP contribution in [0.3, 0.4) is 0 Å². The summed E-state index contributed by atoms with van der Waals surface area (Å²) in [4.78, 5) is 29.1. The van der Waals surface area contributed by atoms with Crippen LogP contribution >= 0.6 is 0 Å². The van der Waals surface area contributed by atoms with Gasteiger partial charge >= 0.3 is 0 Å². The molecule has 1 aromatic rings. The van der Waals surface area contributed by atoms with Gasteiger partial charge in [0, 0.05) is 45.7 Å². The zero-order valence-corrected chi connectivity index (χ0v) is 16.3. The standard InChI is InChI=1S/C20H30N4O3/c1-15-4-5-18(27-2)17(12-15)24-14-16(13-19(24)25)20(26)22-6-3-9-23-10-7-21-8-11-23/h4-5,12,16,21H,3,6-11,13-14H2,1-2H3,(H,22,26). The fraction of sp³-hybridized carbons (Fsp3) is 0.600. The largest absolute Gasteiger partial charge is 0.495 e. The molecule has 0 radical (unpaired) electrons. The highest BCUT2D eigenvalue weighted by molar-refractivity contribution is 6.01. The van der Waals surface area contributed by atoms with Gasteiger partial charge in [-0.3, -0.25) is 9.59 Å². The van der Waals surface area contributed by atoms with Gasteiger partial charge in [-0.1, -0.05) is 6.07 Å². The minimum absolute atomic E-state index is 0.0279. The molecule has 1 unspecified atom stereocenters. The average Bonchev–Trinajstić information content (AvgIpc) is 3.07. The van der Waals surface area contributed by atoms with Crippen LogP contribution in [-0.2, 0) is 9.59 Å². The van der Waals surface area contributed by atoms with Gasteiger partial charge in [0.2, 0.25) is 11.8 Å². The molecule has 1 atom stereocenters. The van der Waals surface area contributed by atoms with Crippen LogP contribution in [-0.4, -0.2) is 69.6 Å². The van der Waals surface area contributed by atoms with E-state index in [1.807, 2.05) is 25.1 Å². The Labute approximate surface area is 161 Å². The molecule has 7 heteroatoms. The predicted molar refractivity (Wildman–Crippen MR) is 105 cm³/mol. The van der Waals surface area contributed by atoms with E-state index in [4.69, 9.17) is 4.74 Å². The van der Waals surface area contributed by atoms with Gasteiger partial charge in [-0.15, -0.1) is 0 Å². The van der Waals surface area contributed by atoms with Gasteiger partial charge < -0.3 is 25.2 Å². The average molecular weight is 374 g/mol. The van der Waals surface area contributed by atoms with Gasteiger partial charge in [0.25, 0.3) is 0 Å². The summed E-state index contributed by atoms with van der Waals surface area (Å²) in [7, 11) is 1.59. The number of hydrogen-bond acceptors (Lipinski definition) is 5. The van der Waals surface area contributed by atoms with Crippen molar-refractivity contribution in [2.24, 2.45) is 5.92 Å². The fourth-order valence-electron chi connectivity index (χ4n) is 3.72. The Hall–Kier alpha value is -2.12. The van der Waals surface area contributed by atoms with Crippen LogP contribution < -0.4 is 20.3 Å². The van der Waals surface area contributed by atoms with E-state index in [1.165, 1.54) is 0 Å². The van der Waals surface area contributed by atoms with E-state index >= 15 is 0 Å². The van der Waals surface area contributed by atoms with Gasteiger partial charge in [0.1, 0.15) is 5.75 Å². The molecule has 2 aliphatic rings. The highest BCUT2D eigenvalue weighted by Crippen LogP contribution is 2.33. The quantitative estimate of drug-likeness (QED) is 0.690. The van der Waals surface area contributed by atoms with Crippen molar-refractivity contribution in [3.63, 3.8) is 0 Å². The summed E-state index contributed by atoms with van der Waals surface area (Å²) < 4.78 is 5.39. The smallest absolute Gasteiger partial charge is 0.227 e. The molecule has 2 amide bonds. The van der Waals surface area contributed by atoms with Crippen LogP contribution in [0.2, 0.25) is 0 Å². The van der Waals surface area contributed by atoms with Gasteiger partial charge in [-0.05, 0) is 37.6 Å². The number of aryl methyl sites for hydroxylation is 1. The van der Waals surface area contributed by atoms with Crippen molar-refractivity contribution in [1.82, 2.24) is 15.5 Å². The van der Waals surface area contributed by atoms with E-state index in [2.05, 4.69) is 15.5 Å². The molecular formula is C20H30N4O3. The SMILES string of the molecule is COc1ccc(C)cc1N1CC(C(=O)NCCCN2CCNCC2)CC1=O. The van der Waals surface area contributed by atoms with Crippen LogP contribution in [0.4, 0.5) is 5.69 Å². The highest BCUT2D eigenvalue weighted by atomic mass is 16.5. The zero-order valence-electron chi connectivity index (χ0n) is 16.3. The summed E-state index contributed by atoms with van der Waals surface area (Å²) in [5.41, 5.74) is 1.80. The summed E-state index contributed by atoms with van der Waals surface area (Å²) in [6, 6.07) is 5.75. The summed E-state index contributed by atoms with van der Waals surface area (Å²) >= 11 is 0. The maximum atomic E-state index is 12.5. The topological polar surface area (TPSA) is 73.9 Å². The number of carbonyl (C=O) groups is 2. The molecule has 0 saturated carbocycles. The minimum atomic E-state index is -0.304. The summed E-state index contributed by atoms with van der Waals surface area (Å²) in [6.45, 7) is 8.24. The fourth-order valence-corrected chi connectivity index (χ4v) is 3.72. The lowest BCUT2D eigenvalue weighted by Crippen LogP contribution is -2.44. The lowest BCUT2D eigenvalue weighted by molar-refractivity contribution is -0.126. The number of amides is 2. The van der Waals surface area contributed by atoms with Crippen molar-refractivity contribution in [2.75, 3.05) is 57.8 Å². The number of piperazine rings is 1. The highest BCUT2D eigenvalue weighted by Gasteiger charge is 2.36. The number of carbonyl (C=O) groups excluding carboxylic acids is 2. The van der Waals surface area contributed by atoms with Gasteiger partial charge in [0.05, 0.1) is 18.7 Å². The molecule has 27 heavy (non-hydrogen) atoms. The maximum Gasteiger partial charge on any atom is 0.227 e. The van der Waals surface area contributed by atoms with Gasteiger partial charge in [0.15, 0.2) is 0 Å². The number of methoxy groups -OCH3 is 1. The number of nitrogens with one attached hydrogen (secondary N) is 2. The first kappa shape index (κ1) is 19.6. The van der Waals surface area contributed by atoms with E-state index in [1.54, 1.807) is 12.0 Å². The van der Waals surface area contributed by atoms with E-state index in [9.17, 15) is 9.59 Å². The molecule has 2 fully saturated rings. The third-order valence-electron chi connectivity index (χ3n) is 5.28. The van der Waals surface area contributed by atoms with E-state index in [-0.39, 0.29) is 24.2 Å². The van der Waals surface area contributed by atoms with Gasteiger partial charge in [-0.2, -0.15) is 0 Å². The summed E-state index contributed by atoms with van der Waals surface area (Å²) in [5, 5.41) is 6.34. The van der Waals surface area contributed by atoms with Crippen molar-refractivity contribution in [1.29, 1.82) is 0 Å². The Morgan fingerprint density at radius 2 is 2.11 bits per heavy atom. The van der Waals surface area contributed by atoms with Gasteiger partial charge in [-0.25, -0.2) is 0 Å². The Bertz CT molecular complexity index is 673. The third kappa shape index (κ3) is 4.99. The number of nitrogens with zero attached hydrogens (tertiary/aromatic N) is 2. The van der Waals surface area contributed by atoms with Crippen LogP contribution in [0.1, 0.15) is 18.4 Å². The Kier molecular flexibility index (Phi) is 6.68. The molecule has 7 nitrogen and oxygen atoms in total. The Balaban J connectivity index is 1.49. The molecule has 0 aliphatic carbocycles. The van der Waals surface area contributed by atoms with Crippen LogP contribution in [0, 0.1) is 12.8 Å². The number of rotatable bonds is 7. The second kappa shape index (κ2) is 9.19. The molecule has 0 aromatic heterocycles. The molecule has 0 spiro atoms. The van der Waals surface area contributed by atoms with E-state index in [0.29, 0.717) is 18.8 Å². The second-order valence-corrected chi connectivity index (χ2v) is 7.32. The zero-order chi connectivity index (χ0) is 19.2. The minimum Gasteiger partial charge on any atom is -0.495 e. The van der Waals surface area contributed by atoms with E-state index in [0.717, 1.165) is 50.4 Å². The first-order valence-electron chi connectivity index (χ1n) is 9.74. The molecule has 0 bridgehead atoms. The first-order chi connectivity index (χ1) is 13.1. The molecule has 2 N–H and O–H groups in total. The van der Waals surface area contributed by atoms with Crippen molar-refractivity contribution >= 4 is 17.5 Å².